The zero-order valence-electron chi connectivity index (χ0n) is 8.62. The number of carbonyl (C=O) groups is 1. The Balaban J connectivity index is 2.04. The summed E-state index contributed by atoms with van der Waals surface area (Å²) in [5.74, 6) is 0.0522. The van der Waals surface area contributed by atoms with Gasteiger partial charge in [-0.25, -0.2) is 9.20 Å². The summed E-state index contributed by atoms with van der Waals surface area (Å²) in [5.41, 5.74) is 2.48. The van der Waals surface area contributed by atoms with E-state index in [1.54, 1.807) is 30.3 Å². The second-order valence-electron chi connectivity index (χ2n) is 3.52. The lowest BCUT2D eigenvalue weighted by molar-refractivity contribution is 0.101. The number of hydrogen-bond acceptors (Lipinski definition) is 4. The van der Waals surface area contributed by atoms with Crippen LogP contribution in [0.2, 0.25) is 0 Å². The molecule has 1 aromatic heterocycles. The number of rotatable bonds is 2. The maximum Gasteiger partial charge on any atom is 0.228 e. The first-order valence-corrected chi connectivity index (χ1v) is 6.14. The number of hydrogen-bond donors (Lipinski definition) is 0. The molecule has 0 bridgehead atoms. The zero-order chi connectivity index (χ0) is 11.8. The van der Waals surface area contributed by atoms with Crippen LogP contribution in [0.5, 0.6) is 0 Å². The van der Waals surface area contributed by atoms with Gasteiger partial charge in [-0.3, -0.25) is 4.79 Å². The number of nitrogens with zero attached hydrogens (tertiary/aromatic N) is 1. The Morgan fingerprint density at radius 1 is 1.29 bits per heavy atom. The van der Waals surface area contributed by atoms with Gasteiger partial charge in [0.05, 0.1) is 33.2 Å². The molecule has 0 saturated heterocycles. The second kappa shape index (κ2) is 3.78. The summed E-state index contributed by atoms with van der Waals surface area (Å²) in [6.45, 7) is 0. The number of ketones is 1. The first-order chi connectivity index (χ1) is 8.25. The van der Waals surface area contributed by atoms with Crippen LogP contribution >= 0.6 is 0 Å². The molecule has 5 heteroatoms. The lowest BCUT2D eigenvalue weighted by Gasteiger charge is -2.00. The van der Waals surface area contributed by atoms with Crippen molar-refractivity contribution < 1.29 is 13.4 Å². The molecule has 0 amide bonds. The molecular formula is C12H7NO3S. The fourth-order valence-electron chi connectivity index (χ4n) is 1.63. The zero-order valence-corrected chi connectivity index (χ0v) is 9.44. The predicted molar refractivity (Wildman–Crippen MR) is 63.1 cm³/mol. The molecule has 0 saturated carbocycles. The van der Waals surface area contributed by atoms with Gasteiger partial charge in [-0.2, -0.15) is 0 Å². The third-order valence-electron chi connectivity index (χ3n) is 2.47. The number of fused-ring (bicyclic) bond motifs is 1. The van der Waals surface area contributed by atoms with E-state index in [1.807, 2.05) is 0 Å². The van der Waals surface area contributed by atoms with Crippen LogP contribution in [0.1, 0.15) is 16.1 Å². The van der Waals surface area contributed by atoms with Crippen molar-refractivity contribution in [2.24, 2.45) is 4.99 Å². The van der Waals surface area contributed by atoms with Crippen LogP contribution in [0, 0.1) is 0 Å². The Morgan fingerprint density at radius 2 is 2.18 bits per heavy atom. The van der Waals surface area contributed by atoms with Gasteiger partial charge in [0.25, 0.3) is 0 Å². The van der Waals surface area contributed by atoms with Gasteiger partial charge in [-0.1, -0.05) is 0 Å². The molecule has 1 aliphatic rings. The van der Waals surface area contributed by atoms with Gasteiger partial charge in [0.1, 0.15) is 0 Å². The maximum atomic E-state index is 12.0. The fourth-order valence-corrected chi connectivity index (χ4v) is 2.53. The van der Waals surface area contributed by atoms with Gasteiger partial charge >= 0.3 is 0 Å². The van der Waals surface area contributed by atoms with Crippen LogP contribution in [-0.2, 0) is 10.8 Å². The first kappa shape index (κ1) is 10.2. The Kier molecular flexibility index (Phi) is 2.26. The van der Waals surface area contributed by atoms with Crippen LogP contribution in [-0.4, -0.2) is 15.5 Å². The topological polar surface area (TPSA) is 59.6 Å². The highest BCUT2D eigenvalue weighted by molar-refractivity contribution is 7.99. The van der Waals surface area contributed by atoms with Crippen LogP contribution in [0.15, 0.2) is 50.9 Å². The van der Waals surface area contributed by atoms with Crippen molar-refractivity contribution in [2.45, 2.75) is 4.90 Å². The molecule has 0 spiro atoms. The summed E-state index contributed by atoms with van der Waals surface area (Å²) < 4.78 is 16.6. The minimum atomic E-state index is -1.25. The van der Waals surface area contributed by atoms with E-state index in [0.717, 1.165) is 0 Å². The van der Waals surface area contributed by atoms with Crippen LogP contribution in [0.4, 0.5) is 5.69 Å². The van der Waals surface area contributed by atoms with Crippen molar-refractivity contribution in [3.63, 3.8) is 0 Å². The van der Waals surface area contributed by atoms with Gasteiger partial charge < -0.3 is 4.42 Å². The van der Waals surface area contributed by atoms with E-state index in [9.17, 15) is 9.00 Å². The molecule has 1 aromatic carbocycles. The Bertz CT molecular complexity index is 644. The summed E-state index contributed by atoms with van der Waals surface area (Å²) in [6.07, 6.45) is 1.45. The molecule has 84 valence electrons. The third-order valence-corrected chi connectivity index (χ3v) is 3.53. The number of benzene rings is 1. The van der Waals surface area contributed by atoms with E-state index in [4.69, 9.17) is 4.42 Å². The number of furan rings is 1. The Hall–Kier alpha value is -2.01. The molecule has 4 nitrogen and oxygen atoms in total. The monoisotopic (exact) mass is 245 g/mol. The maximum absolute atomic E-state index is 12.0. The van der Waals surface area contributed by atoms with Gasteiger partial charge in [0.2, 0.25) is 5.78 Å². The predicted octanol–water partition coefficient (Wildman–Crippen LogP) is 2.29. The van der Waals surface area contributed by atoms with Crippen LogP contribution in [0.3, 0.4) is 0 Å². The lowest BCUT2D eigenvalue weighted by Crippen LogP contribution is -2.00. The summed E-state index contributed by atoms with van der Waals surface area (Å²) >= 11 is 0. The van der Waals surface area contributed by atoms with Crippen molar-refractivity contribution in [1.82, 2.24) is 0 Å². The van der Waals surface area contributed by atoms with Crippen molar-refractivity contribution in [1.29, 1.82) is 0 Å². The highest BCUT2D eigenvalue weighted by Gasteiger charge is 2.18. The first-order valence-electron chi connectivity index (χ1n) is 4.93. The molecular weight excluding hydrogens is 238 g/mol. The van der Waals surface area contributed by atoms with E-state index >= 15 is 0 Å². The molecule has 1 atom stereocenters. The van der Waals surface area contributed by atoms with Gasteiger partial charge in [-0.15, -0.1) is 0 Å². The highest BCUT2D eigenvalue weighted by Crippen LogP contribution is 2.28. The van der Waals surface area contributed by atoms with Gasteiger partial charge in [-0.05, 0) is 30.3 Å². The van der Waals surface area contributed by atoms with E-state index in [2.05, 4.69) is 4.99 Å². The van der Waals surface area contributed by atoms with Crippen molar-refractivity contribution >= 4 is 27.8 Å². The van der Waals surface area contributed by atoms with Crippen LogP contribution in [0.25, 0.3) is 0 Å². The molecule has 0 fully saturated rings. The van der Waals surface area contributed by atoms with Crippen molar-refractivity contribution in [3.05, 3.63) is 47.9 Å². The molecule has 0 radical (unpaired) electrons. The second-order valence-corrected chi connectivity index (χ2v) is 4.77. The van der Waals surface area contributed by atoms with E-state index < -0.39 is 10.8 Å². The molecule has 1 aliphatic heterocycles. The van der Waals surface area contributed by atoms with E-state index in [0.29, 0.717) is 16.1 Å². The molecule has 2 aromatic rings. The molecule has 17 heavy (non-hydrogen) atoms. The average Bonchev–Trinajstić information content (AvgIpc) is 2.98. The standard InChI is InChI=1S/C12H7NO3S/c14-12(10-2-1-5-16-10)8-3-4-9-11(6-8)17(15)7-13-9/h1-7H. The molecule has 0 N–H and O–H groups in total. The Morgan fingerprint density at radius 3 is 2.94 bits per heavy atom. The minimum absolute atomic E-state index is 0.221. The Labute approximate surface area is 99.4 Å². The minimum Gasteiger partial charge on any atom is -0.461 e. The molecule has 2 heterocycles. The van der Waals surface area contributed by atoms with Gasteiger partial charge in [0, 0.05) is 5.56 Å². The normalized spacial score (nSPS) is 17.1. The SMILES string of the molecule is O=C(c1ccc2c(c1)S(=O)C=N2)c1ccco1. The van der Waals surface area contributed by atoms with Crippen molar-refractivity contribution in [2.75, 3.05) is 0 Å². The van der Waals surface area contributed by atoms with E-state index in [1.165, 1.54) is 11.8 Å². The summed E-state index contributed by atoms with van der Waals surface area (Å²) in [7, 11) is -1.25. The average molecular weight is 245 g/mol. The molecule has 0 aliphatic carbocycles. The summed E-state index contributed by atoms with van der Waals surface area (Å²) in [6, 6.07) is 8.20. The number of aliphatic imine (C=N–C) groups is 1. The smallest absolute Gasteiger partial charge is 0.228 e. The quantitative estimate of drug-likeness (QED) is 0.763. The highest BCUT2D eigenvalue weighted by atomic mass is 32.2. The van der Waals surface area contributed by atoms with Gasteiger partial charge in [0.15, 0.2) is 5.76 Å². The summed E-state index contributed by atoms with van der Waals surface area (Å²) in [4.78, 5) is 16.5. The number of carbonyl (C=O) groups excluding carboxylic acids is 1. The molecule has 3 rings (SSSR count). The fraction of sp³-hybridized carbons (Fsp3) is 0. The largest absolute Gasteiger partial charge is 0.461 e. The summed E-state index contributed by atoms with van der Waals surface area (Å²) in [5, 5.41) is 0. The van der Waals surface area contributed by atoms with Crippen LogP contribution < -0.4 is 0 Å². The third kappa shape index (κ3) is 1.64. The van der Waals surface area contributed by atoms with E-state index in [-0.39, 0.29) is 11.5 Å². The van der Waals surface area contributed by atoms with Crippen molar-refractivity contribution in [3.8, 4) is 0 Å². The molecule has 1 unspecified atom stereocenters. The lowest BCUT2D eigenvalue weighted by atomic mass is 10.1.